The number of para-hydroxylation sites is 1. The van der Waals surface area contributed by atoms with Crippen LogP contribution < -0.4 is 14.4 Å². The Hall–Kier alpha value is -2.54. The SMILES string of the molecule is CCc1ccccc1NC(=O)CN(c1cccc(OC(C)C)c1)S(C)(=O)=O. The van der Waals surface area contributed by atoms with Crippen LogP contribution in [0.2, 0.25) is 0 Å². The van der Waals surface area contributed by atoms with E-state index < -0.39 is 15.9 Å². The third-order valence-corrected chi connectivity index (χ3v) is 4.98. The number of hydrogen-bond donors (Lipinski definition) is 1. The van der Waals surface area contributed by atoms with Gasteiger partial charge in [-0.2, -0.15) is 0 Å². The number of nitrogens with one attached hydrogen (secondary N) is 1. The van der Waals surface area contributed by atoms with E-state index in [2.05, 4.69) is 5.32 Å². The Bertz CT molecular complexity index is 894. The second-order valence-electron chi connectivity index (χ2n) is 6.49. The fourth-order valence-corrected chi connectivity index (χ4v) is 3.50. The highest BCUT2D eigenvalue weighted by Gasteiger charge is 2.22. The number of anilines is 2. The van der Waals surface area contributed by atoms with Crippen LogP contribution >= 0.6 is 0 Å². The number of hydrogen-bond acceptors (Lipinski definition) is 4. The van der Waals surface area contributed by atoms with E-state index in [0.29, 0.717) is 17.1 Å². The minimum Gasteiger partial charge on any atom is -0.491 e. The van der Waals surface area contributed by atoms with E-state index in [1.54, 1.807) is 30.3 Å². The number of ether oxygens (including phenoxy) is 1. The molecule has 7 heteroatoms. The van der Waals surface area contributed by atoms with Crippen molar-refractivity contribution in [1.82, 2.24) is 0 Å². The molecule has 0 fully saturated rings. The molecule has 1 N–H and O–H groups in total. The van der Waals surface area contributed by atoms with E-state index in [0.717, 1.165) is 22.5 Å². The van der Waals surface area contributed by atoms with Gasteiger partial charge in [0.25, 0.3) is 0 Å². The van der Waals surface area contributed by atoms with Crippen molar-refractivity contribution < 1.29 is 17.9 Å². The summed E-state index contributed by atoms with van der Waals surface area (Å²) in [6.45, 7) is 5.45. The Morgan fingerprint density at radius 1 is 1.15 bits per heavy atom. The molecule has 2 aromatic carbocycles. The van der Waals surface area contributed by atoms with Crippen molar-refractivity contribution in [2.24, 2.45) is 0 Å². The van der Waals surface area contributed by atoms with Crippen molar-refractivity contribution in [1.29, 1.82) is 0 Å². The normalized spacial score (nSPS) is 11.3. The first-order valence-corrected chi connectivity index (χ1v) is 10.7. The molecule has 0 spiro atoms. The van der Waals surface area contributed by atoms with Gasteiger partial charge in [-0.3, -0.25) is 9.10 Å². The molecule has 0 aliphatic heterocycles. The monoisotopic (exact) mass is 390 g/mol. The molecule has 2 aromatic rings. The summed E-state index contributed by atoms with van der Waals surface area (Å²) in [4.78, 5) is 12.5. The number of rotatable bonds is 8. The fourth-order valence-electron chi connectivity index (χ4n) is 2.65. The number of carbonyl (C=O) groups excluding carboxylic acids is 1. The standard InChI is InChI=1S/C20H26N2O4S/c1-5-16-9-6-7-12-19(16)21-20(23)14-22(27(4,24)25)17-10-8-11-18(13-17)26-15(2)3/h6-13,15H,5,14H2,1-4H3,(H,21,23). The first-order chi connectivity index (χ1) is 12.7. The fraction of sp³-hybridized carbons (Fsp3) is 0.350. The smallest absolute Gasteiger partial charge is 0.245 e. The van der Waals surface area contributed by atoms with Gasteiger partial charge in [0.2, 0.25) is 15.9 Å². The maximum atomic E-state index is 12.5. The Labute approximate surface area is 161 Å². The third-order valence-electron chi connectivity index (χ3n) is 3.84. The van der Waals surface area contributed by atoms with Gasteiger partial charge < -0.3 is 10.1 Å². The molecule has 0 aromatic heterocycles. The van der Waals surface area contributed by atoms with Crippen LogP contribution in [0.1, 0.15) is 26.3 Å². The van der Waals surface area contributed by atoms with Gasteiger partial charge >= 0.3 is 0 Å². The molecular weight excluding hydrogens is 364 g/mol. The molecule has 0 unspecified atom stereocenters. The minimum absolute atomic E-state index is 0.0409. The number of carbonyl (C=O) groups is 1. The Kier molecular flexibility index (Phi) is 6.85. The summed E-state index contributed by atoms with van der Waals surface area (Å²) in [5, 5.41) is 2.80. The summed E-state index contributed by atoms with van der Waals surface area (Å²) in [6.07, 6.45) is 1.80. The van der Waals surface area contributed by atoms with Crippen LogP contribution in [0.3, 0.4) is 0 Å². The third kappa shape index (κ3) is 5.99. The van der Waals surface area contributed by atoms with Gasteiger partial charge in [0.15, 0.2) is 0 Å². The van der Waals surface area contributed by atoms with Crippen LogP contribution in [0, 0.1) is 0 Å². The Balaban J connectivity index is 2.24. The van der Waals surface area contributed by atoms with Gasteiger partial charge in [0.05, 0.1) is 18.0 Å². The largest absolute Gasteiger partial charge is 0.491 e. The second kappa shape index (κ2) is 8.90. The summed E-state index contributed by atoms with van der Waals surface area (Å²) >= 11 is 0. The van der Waals surface area contributed by atoms with Crippen molar-refractivity contribution in [2.45, 2.75) is 33.3 Å². The lowest BCUT2D eigenvalue weighted by molar-refractivity contribution is -0.114. The Morgan fingerprint density at radius 2 is 1.85 bits per heavy atom. The summed E-state index contributed by atoms with van der Waals surface area (Å²) in [5.41, 5.74) is 2.06. The van der Waals surface area contributed by atoms with Crippen molar-refractivity contribution in [2.75, 3.05) is 22.4 Å². The van der Waals surface area contributed by atoms with Gasteiger partial charge in [0, 0.05) is 11.8 Å². The highest BCUT2D eigenvalue weighted by molar-refractivity contribution is 7.92. The predicted molar refractivity (Wildman–Crippen MR) is 109 cm³/mol. The molecule has 0 saturated carbocycles. The highest BCUT2D eigenvalue weighted by atomic mass is 32.2. The van der Waals surface area contributed by atoms with E-state index in [9.17, 15) is 13.2 Å². The lowest BCUT2D eigenvalue weighted by atomic mass is 10.1. The van der Waals surface area contributed by atoms with E-state index in [1.165, 1.54) is 0 Å². The minimum atomic E-state index is -3.65. The Morgan fingerprint density at radius 3 is 2.48 bits per heavy atom. The molecular formula is C20H26N2O4S. The molecule has 0 aliphatic carbocycles. The number of sulfonamides is 1. The lowest BCUT2D eigenvalue weighted by Crippen LogP contribution is -2.37. The van der Waals surface area contributed by atoms with Crippen molar-refractivity contribution in [3.8, 4) is 5.75 Å². The maximum absolute atomic E-state index is 12.5. The van der Waals surface area contributed by atoms with Gasteiger partial charge in [-0.15, -0.1) is 0 Å². The average Bonchev–Trinajstić information content (AvgIpc) is 2.59. The zero-order valence-electron chi connectivity index (χ0n) is 16.1. The summed E-state index contributed by atoms with van der Waals surface area (Å²) in [5.74, 6) is 0.143. The molecule has 0 heterocycles. The van der Waals surface area contributed by atoms with E-state index in [4.69, 9.17) is 4.74 Å². The zero-order chi connectivity index (χ0) is 20.0. The molecule has 0 aliphatic rings. The number of nitrogens with zero attached hydrogens (tertiary/aromatic N) is 1. The summed E-state index contributed by atoms with van der Waals surface area (Å²) < 4.78 is 31.3. The first kappa shape index (κ1) is 20.8. The van der Waals surface area contributed by atoms with Crippen LogP contribution in [0.4, 0.5) is 11.4 Å². The number of benzene rings is 2. The van der Waals surface area contributed by atoms with Gasteiger partial charge in [-0.1, -0.05) is 31.2 Å². The second-order valence-corrected chi connectivity index (χ2v) is 8.40. The predicted octanol–water partition coefficient (Wildman–Crippen LogP) is 3.44. The van der Waals surface area contributed by atoms with E-state index >= 15 is 0 Å². The van der Waals surface area contributed by atoms with E-state index in [1.807, 2.05) is 39.0 Å². The molecule has 146 valence electrons. The molecule has 0 atom stereocenters. The summed E-state index contributed by atoms with van der Waals surface area (Å²) in [7, 11) is -3.65. The van der Waals surface area contributed by atoms with Crippen molar-refractivity contribution in [3.05, 3.63) is 54.1 Å². The molecule has 6 nitrogen and oxygen atoms in total. The molecule has 2 rings (SSSR count). The number of amides is 1. The van der Waals surface area contributed by atoms with Gasteiger partial charge in [-0.25, -0.2) is 8.42 Å². The maximum Gasteiger partial charge on any atom is 0.245 e. The highest BCUT2D eigenvalue weighted by Crippen LogP contribution is 2.24. The van der Waals surface area contributed by atoms with Crippen LogP contribution in [0.5, 0.6) is 5.75 Å². The van der Waals surface area contributed by atoms with Gasteiger partial charge in [0.1, 0.15) is 12.3 Å². The summed E-state index contributed by atoms with van der Waals surface area (Å²) in [6, 6.07) is 14.2. The quantitative estimate of drug-likeness (QED) is 0.749. The van der Waals surface area contributed by atoms with Crippen LogP contribution in [0.25, 0.3) is 0 Å². The molecule has 0 saturated heterocycles. The van der Waals surface area contributed by atoms with Crippen LogP contribution in [-0.2, 0) is 21.2 Å². The zero-order valence-corrected chi connectivity index (χ0v) is 16.9. The molecule has 27 heavy (non-hydrogen) atoms. The van der Waals surface area contributed by atoms with Gasteiger partial charge in [-0.05, 0) is 44.0 Å². The van der Waals surface area contributed by atoms with E-state index in [-0.39, 0.29) is 12.6 Å². The molecule has 0 bridgehead atoms. The first-order valence-electron chi connectivity index (χ1n) is 8.83. The van der Waals surface area contributed by atoms with Crippen molar-refractivity contribution in [3.63, 3.8) is 0 Å². The number of aryl methyl sites for hydroxylation is 1. The van der Waals surface area contributed by atoms with Crippen LogP contribution in [-0.4, -0.2) is 33.2 Å². The van der Waals surface area contributed by atoms with Crippen LogP contribution in [0.15, 0.2) is 48.5 Å². The topological polar surface area (TPSA) is 75.7 Å². The lowest BCUT2D eigenvalue weighted by Gasteiger charge is -2.23. The molecule has 0 radical (unpaired) electrons. The average molecular weight is 391 g/mol. The van der Waals surface area contributed by atoms with Crippen molar-refractivity contribution >= 4 is 27.3 Å². The molecule has 1 amide bonds.